The van der Waals surface area contributed by atoms with Crippen LogP contribution in [0, 0.1) is 4.77 Å². The van der Waals surface area contributed by atoms with Gasteiger partial charge in [-0.3, -0.25) is 9.67 Å². The first kappa shape index (κ1) is 6.95. The van der Waals surface area contributed by atoms with E-state index in [0.717, 1.165) is 11.3 Å². The molecule has 0 fully saturated rings. The summed E-state index contributed by atoms with van der Waals surface area (Å²) < 4.78 is 3.27. The number of rotatable bonds is 1. The number of nitrogens with one attached hydrogen (secondary N) is 1. The van der Waals surface area contributed by atoms with Crippen molar-refractivity contribution in [1.82, 2.24) is 14.8 Å². The lowest BCUT2D eigenvalue weighted by atomic mass is 10.7. The van der Waals surface area contributed by atoms with Crippen LogP contribution in [0.4, 0.5) is 0 Å². The first-order chi connectivity index (χ1) is 4.25. The molecule has 0 aliphatic carbocycles. The highest BCUT2D eigenvalue weighted by Crippen LogP contribution is 2.04. The van der Waals surface area contributed by atoms with E-state index in [1.165, 1.54) is 0 Å². The van der Waals surface area contributed by atoms with Crippen molar-refractivity contribution in [3.05, 3.63) is 9.50 Å². The second kappa shape index (κ2) is 2.62. The highest BCUT2D eigenvalue weighted by atomic mass is 79.9. The van der Waals surface area contributed by atoms with Crippen molar-refractivity contribution in [2.24, 2.45) is 0 Å². The van der Waals surface area contributed by atoms with Crippen LogP contribution < -0.4 is 0 Å². The van der Waals surface area contributed by atoms with Crippen LogP contribution in [0.1, 0.15) is 6.92 Å². The molecule has 0 aromatic carbocycles. The summed E-state index contributed by atoms with van der Waals surface area (Å²) in [6, 6.07) is 0. The SMILES string of the molecule is CCn1c(Br)n[nH]c1=S. The van der Waals surface area contributed by atoms with Crippen LogP contribution in [0.3, 0.4) is 0 Å². The lowest BCUT2D eigenvalue weighted by molar-refractivity contribution is 0.729. The number of H-pyrrole nitrogens is 1. The largest absolute Gasteiger partial charge is 0.295 e. The molecule has 0 saturated heterocycles. The standard InChI is InChI=1S/C4H6BrN3S/c1-2-8-3(5)6-7-4(8)9/h2H2,1H3,(H,7,9). The maximum absolute atomic E-state index is 4.89. The van der Waals surface area contributed by atoms with E-state index in [4.69, 9.17) is 12.2 Å². The summed E-state index contributed by atoms with van der Waals surface area (Å²) in [4.78, 5) is 0. The quantitative estimate of drug-likeness (QED) is 0.713. The molecule has 1 heterocycles. The van der Waals surface area contributed by atoms with Gasteiger partial charge in [0.15, 0.2) is 9.50 Å². The predicted octanol–water partition coefficient (Wildman–Crippen LogP) is 1.72. The molecule has 5 heteroatoms. The van der Waals surface area contributed by atoms with Crippen LogP contribution in [-0.4, -0.2) is 14.8 Å². The van der Waals surface area contributed by atoms with E-state index in [1.807, 2.05) is 11.5 Å². The number of hydrogen-bond donors (Lipinski definition) is 1. The number of aromatic nitrogens is 3. The Bertz CT molecular complexity index is 251. The maximum atomic E-state index is 4.89. The van der Waals surface area contributed by atoms with E-state index in [0.29, 0.717) is 4.77 Å². The van der Waals surface area contributed by atoms with Gasteiger partial charge in [-0.15, -0.1) is 5.10 Å². The third-order valence-corrected chi connectivity index (χ3v) is 1.94. The van der Waals surface area contributed by atoms with Gasteiger partial charge < -0.3 is 0 Å². The van der Waals surface area contributed by atoms with Crippen molar-refractivity contribution in [2.45, 2.75) is 13.5 Å². The van der Waals surface area contributed by atoms with Gasteiger partial charge in [0.05, 0.1) is 0 Å². The van der Waals surface area contributed by atoms with Crippen molar-refractivity contribution in [2.75, 3.05) is 0 Å². The molecule has 50 valence electrons. The molecule has 0 radical (unpaired) electrons. The van der Waals surface area contributed by atoms with Gasteiger partial charge in [-0.05, 0) is 35.1 Å². The van der Waals surface area contributed by atoms with E-state index in [2.05, 4.69) is 26.1 Å². The molecule has 0 aliphatic rings. The number of nitrogens with zero attached hydrogens (tertiary/aromatic N) is 2. The topological polar surface area (TPSA) is 33.6 Å². The highest BCUT2D eigenvalue weighted by Gasteiger charge is 1.96. The zero-order valence-corrected chi connectivity index (χ0v) is 7.29. The molecule has 1 aromatic rings. The molecule has 1 rings (SSSR count). The van der Waals surface area contributed by atoms with Gasteiger partial charge in [0.2, 0.25) is 0 Å². The minimum Gasteiger partial charge on any atom is -0.295 e. The smallest absolute Gasteiger partial charge is 0.198 e. The Morgan fingerprint density at radius 2 is 2.56 bits per heavy atom. The fraction of sp³-hybridized carbons (Fsp3) is 0.500. The molecule has 0 amide bonds. The van der Waals surface area contributed by atoms with E-state index >= 15 is 0 Å². The summed E-state index contributed by atoms with van der Waals surface area (Å²) in [5, 5.41) is 6.51. The third kappa shape index (κ3) is 1.21. The fourth-order valence-electron chi connectivity index (χ4n) is 0.573. The molecule has 1 N–H and O–H groups in total. The summed E-state index contributed by atoms with van der Waals surface area (Å²) in [5.74, 6) is 0. The van der Waals surface area contributed by atoms with Crippen molar-refractivity contribution in [3.8, 4) is 0 Å². The van der Waals surface area contributed by atoms with Gasteiger partial charge in [0.1, 0.15) is 0 Å². The molecule has 3 nitrogen and oxygen atoms in total. The van der Waals surface area contributed by atoms with Gasteiger partial charge >= 0.3 is 0 Å². The zero-order chi connectivity index (χ0) is 6.85. The molecule has 0 atom stereocenters. The van der Waals surface area contributed by atoms with Gasteiger partial charge in [-0.2, -0.15) is 0 Å². The summed E-state index contributed by atoms with van der Waals surface area (Å²) in [5.41, 5.74) is 0. The third-order valence-electron chi connectivity index (χ3n) is 1.03. The van der Waals surface area contributed by atoms with Crippen molar-refractivity contribution in [3.63, 3.8) is 0 Å². The van der Waals surface area contributed by atoms with Crippen LogP contribution in [0.15, 0.2) is 4.73 Å². The summed E-state index contributed by atoms with van der Waals surface area (Å²) in [6.07, 6.45) is 0. The Kier molecular flexibility index (Phi) is 2.02. The van der Waals surface area contributed by atoms with E-state index in [1.54, 1.807) is 0 Å². The molecule has 9 heavy (non-hydrogen) atoms. The molecule has 0 spiro atoms. The van der Waals surface area contributed by atoms with Gasteiger partial charge in [-0.25, -0.2) is 0 Å². The maximum Gasteiger partial charge on any atom is 0.198 e. The summed E-state index contributed by atoms with van der Waals surface area (Å²) >= 11 is 8.12. The normalized spacial score (nSPS) is 10.0. The zero-order valence-electron chi connectivity index (χ0n) is 4.89. The van der Waals surface area contributed by atoms with Crippen molar-refractivity contribution < 1.29 is 0 Å². The Balaban J connectivity index is 3.23. The lowest BCUT2D eigenvalue weighted by Crippen LogP contribution is -1.92. The molecule has 0 bridgehead atoms. The summed E-state index contributed by atoms with van der Waals surface area (Å²) in [7, 11) is 0. The first-order valence-corrected chi connectivity index (χ1v) is 3.76. The molecular formula is C4H6BrN3S. The second-order valence-corrected chi connectivity index (χ2v) is 2.64. The predicted molar refractivity (Wildman–Crippen MR) is 40.8 cm³/mol. The van der Waals surface area contributed by atoms with Gasteiger partial charge in [0, 0.05) is 6.54 Å². The van der Waals surface area contributed by atoms with Crippen LogP contribution >= 0.6 is 28.1 Å². The Hall–Kier alpha value is -0.160. The fourth-order valence-corrected chi connectivity index (χ4v) is 1.47. The average Bonchev–Trinajstić information content (AvgIpc) is 2.12. The molecule has 1 aromatic heterocycles. The molecule has 0 aliphatic heterocycles. The first-order valence-electron chi connectivity index (χ1n) is 2.56. The number of hydrogen-bond acceptors (Lipinski definition) is 2. The van der Waals surface area contributed by atoms with Crippen LogP contribution in [-0.2, 0) is 6.54 Å². The van der Waals surface area contributed by atoms with E-state index < -0.39 is 0 Å². The van der Waals surface area contributed by atoms with Crippen LogP contribution in [0.25, 0.3) is 0 Å². The monoisotopic (exact) mass is 207 g/mol. The Morgan fingerprint density at radius 1 is 1.89 bits per heavy atom. The summed E-state index contributed by atoms with van der Waals surface area (Å²) in [6.45, 7) is 2.85. The number of halogens is 1. The molecule has 0 saturated carbocycles. The lowest BCUT2D eigenvalue weighted by Gasteiger charge is -1.92. The van der Waals surface area contributed by atoms with Crippen molar-refractivity contribution >= 4 is 28.1 Å². The van der Waals surface area contributed by atoms with Crippen LogP contribution in [0.2, 0.25) is 0 Å². The minimum absolute atomic E-state index is 0.657. The van der Waals surface area contributed by atoms with E-state index in [9.17, 15) is 0 Å². The average molecular weight is 208 g/mol. The van der Waals surface area contributed by atoms with E-state index in [-0.39, 0.29) is 0 Å². The number of aromatic amines is 1. The van der Waals surface area contributed by atoms with Crippen LogP contribution in [0.5, 0.6) is 0 Å². The Morgan fingerprint density at radius 3 is 2.78 bits per heavy atom. The molecule has 0 unspecified atom stereocenters. The molecular weight excluding hydrogens is 202 g/mol. The van der Waals surface area contributed by atoms with Gasteiger partial charge in [0.25, 0.3) is 0 Å². The minimum atomic E-state index is 0.657. The highest BCUT2D eigenvalue weighted by molar-refractivity contribution is 9.10. The second-order valence-electron chi connectivity index (χ2n) is 1.54. The van der Waals surface area contributed by atoms with Gasteiger partial charge in [-0.1, -0.05) is 0 Å². The van der Waals surface area contributed by atoms with Crippen molar-refractivity contribution in [1.29, 1.82) is 0 Å². The Labute approximate surface area is 66.2 Å².